The monoisotopic (exact) mass is 414 g/mol. The van der Waals surface area contributed by atoms with Crippen molar-refractivity contribution in [2.75, 3.05) is 24.4 Å². The number of halogens is 1. The lowest BCUT2D eigenvalue weighted by molar-refractivity contribution is -0.133. The molecule has 0 aromatic heterocycles. The van der Waals surface area contributed by atoms with Crippen molar-refractivity contribution in [2.24, 2.45) is 5.92 Å². The first-order valence-electron chi connectivity index (χ1n) is 9.46. The van der Waals surface area contributed by atoms with Gasteiger partial charge in [-0.2, -0.15) is 0 Å². The highest BCUT2D eigenvalue weighted by Crippen LogP contribution is 2.49. The standard InChI is InChI=1S/C21H23ClN4OS/c1-13-8-9-18-20(13)15-10-24(17-7-5-4-6-16(17)22)11-19-25(21(15)28(18)3)12-23-26(19)14(2)27/h4-10,13,19,23H,11-12H2,1-3H3. The van der Waals surface area contributed by atoms with E-state index in [-0.39, 0.29) is 22.6 Å². The van der Waals surface area contributed by atoms with Gasteiger partial charge in [-0.1, -0.05) is 42.8 Å². The zero-order valence-corrected chi connectivity index (χ0v) is 17.7. The van der Waals surface area contributed by atoms with Gasteiger partial charge in [0.2, 0.25) is 5.91 Å². The normalized spacial score (nSPS) is 29.1. The molecule has 5 nitrogen and oxygen atoms in total. The van der Waals surface area contributed by atoms with Gasteiger partial charge in [0.1, 0.15) is 6.17 Å². The molecule has 3 heterocycles. The lowest BCUT2D eigenvalue weighted by atomic mass is 9.97. The minimum Gasteiger partial charge on any atom is -0.343 e. The Hall–Kier alpha value is -1.86. The average Bonchev–Trinajstić information content (AvgIpc) is 3.28. The second-order valence-corrected chi connectivity index (χ2v) is 9.80. The van der Waals surface area contributed by atoms with Gasteiger partial charge in [0, 0.05) is 29.5 Å². The molecule has 0 saturated carbocycles. The summed E-state index contributed by atoms with van der Waals surface area (Å²) in [5.41, 5.74) is 6.96. The van der Waals surface area contributed by atoms with Gasteiger partial charge >= 0.3 is 0 Å². The highest BCUT2D eigenvalue weighted by molar-refractivity contribution is 8.19. The van der Waals surface area contributed by atoms with Gasteiger partial charge in [0.25, 0.3) is 0 Å². The van der Waals surface area contributed by atoms with Crippen LogP contribution in [-0.4, -0.2) is 46.4 Å². The van der Waals surface area contributed by atoms with Crippen LogP contribution in [0.3, 0.4) is 0 Å². The minimum absolute atomic E-state index is 0.0125. The maximum Gasteiger partial charge on any atom is 0.235 e. The van der Waals surface area contributed by atoms with Crippen LogP contribution in [-0.2, 0) is 4.79 Å². The van der Waals surface area contributed by atoms with E-state index in [1.165, 1.54) is 21.0 Å². The van der Waals surface area contributed by atoms with Crippen LogP contribution in [0.5, 0.6) is 0 Å². The van der Waals surface area contributed by atoms with Crippen LogP contribution < -0.4 is 10.3 Å². The van der Waals surface area contributed by atoms with Crippen molar-refractivity contribution in [1.82, 2.24) is 15.3 Å². The molecule has 0 radical (unpaired) electrons. The molecule has 1 fully saturated rings. The molecule has 1 aromatic rings. The van der Waals surface area contributed by atoms with E-state index in [0.717, 1.165) is 10.7 Å². The van der Waals surface area contributed by atoms with E-state index in [0.29, 0.717) is 19.1 Å². The predicted octanol–water partition coefficient (Wildman–Crippen LogP) is 3.50. The molecule has 28 heavy (non-hydrogen) atoms. The summed E-state index contributed by atoms with van der Waals surface area (Å²) in [6.07, 6.45) is 9.05. The lowest BCUT2D eigenvalue weighted by Gasteiger charge is -2.31. The number of rotatable bonds is 1. The van der Waals surface area contributed by atoms with Gasteiger partial charge in [-0.05, 0) is 24.0 Å². The fourth-order valence-electron chi connectivity index (χ4n) is 4.57. The summed E-state index contributed by atoms with van der Waals surface area (Å²) < 4.78 is 0. The number of fused-ring (bicyclic) bond motifs is 4. The molecule has 1 N–H and O–H groups in total. The van der Waals surface area contributed by atoms with Crippen LogP contribution in [0.15, 0.2) is 58.7 Å². The zero-order chi connectivity index (χ0) is 19.6. The van der Waals surface area contributed by atoms with Crippen LogP contribution in [0, 0.1) is 5.92 Å². The molecule has 0 spiro atoms. The Morgan fingerprint density at radius 2 is 2.11 bits per heavy atom. The zero-order valence-electron chi connectivity index (χ0n) is 16.1. The van der Waals surface area contributed by atoms with Crippen molar-refractivity contribution in [3.63, 3.8) is 0 Å². The topological polar surface area (TPSA) is 38.8 Å². The number of hydrogen-bond acceptors (Lipinski definition) is 4. The first kappa shape index (κ1) is 18.2. The van der Waals surface area contributed by atoms with Crippen LogP contribution in [0.4, 0.5) is 5.69 Å². The van der Waals surface area contributed by atoms with Crippen LogP contribution in [0.25, 0.3) is 0 Å². The molecule has 5 rings (SSSR count). The van der Waals surface area contributed by atoms with Crippen molar-refractivity contribution >= 4 is 38.7 Å². The first-order valence-corrected chi connectivity index (χ1v) is 11.5. The largest absolute Gasteiger partial charge is 0.343 e. The number of carbonyl (C=O) groups excluding carboxylic acids is 1. The van der Waals surface area contributed by atoms with Gasteiger partial charge in [0.05, 0.1) is 28.9 Å². The third-order valence-corrected chi connectivity index (χ3v) is 8.24. The lowest BCUT2D eigenvalue weighted by Crippen LogP contribution is -2.49. The molecule has 4 aliphatic rings. The minimum atomic E-state index is -0.0771. The third-order valence-electron chi connectivity index (χ3n) is 5.87. The van der Waals surface area contributed by atoms with E-state index in [1.807, 2.05) is 24.3 Å². The van der Waals surface area contributed by atoms with E-state index in [2.05, 4.69) is 46.8 Å². The molecular formula is C21H23ClN4OS. The van der Waals surface area contributed by atoms with Gasteiger partial charge in [-0.25, -0.2) is 10.3 Å². The van der Waals surface area contributed by atoms with Gasteiger partial charge < -0.3 is 4.90 Å². The number of para-hydroxylation sites is 1. The summed E-state index contributed by atoms with van der Waals surface area (Å²) in [6, 6.07) is 7.91. The van der Waals surface area contributed by atoms with E-state index < -0.39 is 0 Å². The van der Waals surface area contributed by atoms with E-state index in [1.54, 1.807) is 11.9 Å². The Labute approximate surface area is 172 Å². The van der Waals surface area contributed by atoms with Crippen LogP contribution in [0.1, 0.15) is 13.8 Å². The van der Waals surface area contributed by atoms with Gasteiger partial charge in [-0.3, -0.25) is 9.80 Å². The van der Waals surface area contributed by atoms with Crippen molar-refractivity contribution in [1.29, 1.82) is 0 Å². The fourth-order valence-corrected chi connectivity index (χ4v) is 6.97. The molecule has 3 unspecified atom stereocenters. The summed E-state index contributed by atoms with van der Waals surface area (Å²) in [5, 5.41) is 2.48. The molecule has 0 bridgehead atoms. The number of nitrogens with one attached hydrogen (secondary N) is 1. The van der Waals surface area contributed by atoms with Crippen molar-refractivity contribution in [3.05, 3.63) is 63.7 Å². The van der Waals surface area contributed by atoms with Gasteiger partial charge in [0.15, 0.2) is 0 Å². The first-order chi connectivity index (χ1) is 13.5. The molecule has 1 aromatic carbocycles. The molecular weight excluding hydrogens is 392 g/mol. The number of allylic oxidation sites excluding steroid dienone is 2. The molecule has 1 saturated heterocycles. The SMILES string of the molecule is CC(=O)N1NCN2C3=S(C)C4=C(C3=CN(c3ccccc3Cl)CC21)C(C)C=C4. The molecule has 1 aliphatic carbocycles. The Morgan fingerprint density at radius 1 is 1.32 bits per heavy atom. The summed E-state index contributed by atoms with van der Waals surface area (Å²) in [4.78, 5) is 19.6. The fraction of sp³-hybridized carbons (Fsp3) is 0.333. The van der Waals surface area contributed by atoms with Crippen molar-refractivity contribution in [2.45, 2.75) is 20.0 Å². The molecule has 146 valence electrons. The number of anilines is 1. The number of hydrazine groups is 1. The quantitative estimate of drug-likeness (QED) is 0.714. The number of hydrogen-bond donors (Lipinski definition) is 1. The second-order valence-electron chi connectivity index (χ2n) is 7.54. The van der Waals surface area contributed by atoms with Crippen molar-refractivity contribution in [3.8, 4) is 0 Å². The van der Waals surface area contributed by atoms with E-state index in [9.17, 15) is 4.79 Å². The highest BCUT2D eigenvalue weighted by Gasteiger charge is 2.44. The Morgan fingerprint density at radius 3 is 2.86 bits per heavy atom. The molecule has 3 aliphatic heterocycles. The summed E-state index contributed by atoms with van der Waals surface area (Å²) in [6.45, 7) is 5.17. The van der Waals surface area contributed by atoms with E-state index >= 15 is 0 Å². The number of nitrogens with zero attached hydrogens (tertiary/aromatic N) is 3. The second kappa shape index (κ2) is 6.59. The predicted molar refractivity (Wildman–Crippen MR) is 117 cm³/mol. The summed E-state index contributed by atoms with van der Waals surface area (Å²) in [5.74, 6) is 0.427. The molecule has 1 amide bonds. The molecule has 3 atom stereocenters. The summed E-state index contributed by atoms with van der Waals surface area (Å²) >= 11 is 6.55. The average molecular weight is 415 g/mol. The third kappa shape index (κ3) is 2.55. The van der Waals surface area contributed by atoms with Crippen LogP contribution >= 0.6 is 22.1 Å². The maximum atomic E-state index is 12.3. The van der Waals surface area contributed by atoms with E-state index in [4.69, 9.17) is 11.6 Å². The number of amides is 1. The van der Waals surface area contributed by atoms with Crippen molar-refractivity contribution < 1.29 is 4.79 Å². The number of benzene rings is 1. The Kier molecular flexibility index (Phi) is 4.28. The highest BCUT2D eigenvalue weighted by atomic mass is 35.5. The Balaban J connectivity index is 1.69. The maximum absolute atomic E-state index is 12.3. The van der Waals surface area contributed by atoms with Gasteiger partial charge in [-0.15, -0.1) is 10.5 Å². The Bertz CT molecular complexity index is 1010. The smallest absolute Gasteiger partial charge is 0.235 e. The summed E-state index contributed by atoms with van der Waals surface area (Å²) in [7, 11) is -0.0125. The number of carbonyl (C=O) groups is 1. The van der Waals surface area contributed by atoms with Crippen LogP contribution in [0.2, 0.25) is 5.02 Å². The molecule has 7 heteroatoms.